The zero-order chi connectivity index (χ0) is 13.7. The fourth-order valence-electron chi connectivity index (χ4n) is 1.75. The van der Waals surface area contributed by atoms with Crippen LogP contribution in [0, 0.1) is 11.3 Å². The van der Waals surface area contributed by atoms with Gasteiger partial charge in [-0.2, -0.15) is 5.26 Å². The highest BCUT2D eigenvalue weighted by molar-refractivity contribution is 9.10. The van der Waals surface area contributed by atoms with Crippen molar-refractivity contribution in [2.45, 2.75) is 6.54 Å². The number of nitrogens with one attached hydrogen (secondary N) is 1. The lowest BCUT2D eigenvalue weighted by atomic mass is 10.2. The number of ether oxygens (including phenoxy) is 1. The SMILES string of the molecule is CNCc1cccc(Oc2cccc(Br)c2C#N)c1. The Bertz CT molecular complexity index is 620. The van der Waals surface area contributed by atoms with Crippen molar-refractivity contribution in [3.05, 3.63) is 58.1 Å². The average molecular weight is 317 g/mol. The van der Waals surface area contributed by atoms with Crippen molar-refractivity contribution < 1.29 is 4.74 Å². The van der Waals surface area contributed by atoms with Gasteiger partial charge >= 0.3 is 0 Å². The summed E-state index contributed by atoms with van der Waals surface area (Å²) < 4.78 is 6.52. The monoisotopic (exact) mass is 316 g/mol. The van der Waals surface area contributed by atoms with Crippen LogP contribution in [0.25, 0.3) is 0 Å². The predicted octanol–water partition coefficient (Wildman–Crippen LogP) is 3.83. The predicted molar refractivity (Wildman–Crippen MR) is 78.1 cm³/mol. The first-order valence-electron chi connectivity index (χ1n) is 5.84. The normalized spacial score (nSPS) is 9.95. The smallest absolute Gasteiger partial charge is 0.146 e. The van der Waals surface area contributed by atoms with Crippen LogP contribution in [-0.2, 0) is 6.54 Å². The van der Waals surface area contributed by atoms with Crippen molar-refractivity contribution in [2.75, 3.05) is 7.05 Å². The summed E-state index contributed by atoms with van der Waals surface area (Å²) in [5.41, 5.74) is 1.63. The fourth-order valence-corrected chi connectivity index (χ4v) is 2.18. The van der Waals surface area contributed by atoms with Gasteiger partial charge in [-0.25, -0.2) is 0 Å². The molecule has 2 rings (SSSR count). The van der Waals surface area contributed by atoms with Crippen LogP contribution in [0.2, 0.25) is 0 Å². The van der Waals surface area contributed by atoms with Gasteiger partial charge in [-0.15, -0.1) is 0 Å². The third-order valence-corrected chi connectivity index (χ3v) is 3.26. The minimum atomic E-state index is 0.501. The average Bonchev–Trinajstić information content (AvgIpc) is 2.40. The number of hydrogen-bond acceptors (Lipinski definition) is 3. The van der Waals surface area contributed by atoms with E-state index in [1.165, 1.54) is 0 Å². The van der Waals surface area contributed by atoms with E-state index in [4.69, 9.17) is 10.00 Å². The van der Waals surface area contributed by atoms with Crippen LogP contribution >= 0.6 is 15.9 Å². The van der Waals surface area contributed by atoms with E-state index in [2.05, 4.69) is 27.3 Å². The zero-order valence-electron chi connectivity index (χ0n) is 10.5. The van der Waals surface area contributed by atoms with Crippen molar-refractivity contribution in [1.82, 2.24) is 5.32 Å². The maximum atomic E-state index is 9.15. The van der Waals surface area contributed by atoms with Crippen molar-refractivity contribution in [1.29, 1.82) is 5.26 Å². The number of nitriles is 1. The summed E-state index contributed by atoms with van der Waals surface area (Å²) in [7, 11) is 1.90. The number of halogens is 1. The summed E-state index contributed by atoms with van der Waals surface area (Å²) >= 11 is 3.35. The maximum Gasteiger partial charge on any atom is 0.146 e. The number of nitrogens with zero attached hydrogens (tertiary/aromatic N) is 1. The second kappa shape index (κ2) is 6.37. The standard InChI is InChI=1S/C15H13BrN2O/c1-18-10-11-4-2-5-12(8-11)19-15-7-3-6-14(16)13(15)9-17/h2-8,18H,10H2,1H3. The first kappa shape index (κ1) is 13.6. The Kier molecular flexibility index (Phi) is 4.56. The minimum absolute atomic E-state index is 0.501. The third kappa shape index (κ3) is 3.34. The highest BCUT2D eigenvalue weighted by Gasteiger charge is 2.08. The summed E-state index contributed by atoms with van der Waals surface area (Å²) in [5, 5.41) is 12.2. The van der Waals surface area contributed by atoms with E-state index in [-0.39, 0.29) is 0 Å². The van der Waals surface area contributed by atoms with Gasteiger partial charge in [0.1, 0.15) is 23.1 Å². The van der Waals surface area contributed by atoms with Gasteiger partial charge in [-0.1, -0.05) is 18.2 Å². The molecule has 0 aliphatic heterocycles. The molecule has 0 fully saturated rings. The van der Waals surface area contributed by atoms with Crippen molar-refractivity contribution in [3.8, 4) is 17.6 Å². The molecule has 96 valence electrons. The van der Waals surface area contributed by atoms with E-state index in [1.807, 2.05) is 43.4 Å². The molecule has 2 aromatic rings. The van der Waals surface area contributed by atoms with E-state index < -0.39 is 0 Å². The molecule has 0 spiro atoms. The van der Waals surface area contributed by atoms with Crippen LogP contribution in [-0.4, -0.2) is 7.05 Å². The highest BCUT2D eigenvalue weighted by atomic mass is 79.9. The van der Waals surface area contributed by atoms with Gasteiger partial charge in [0, 0.05) is 11.0 Å². The molecule has 0 unspecified atom stereocenters. The number of hydrogen-bond donors (Lipinski definition) is 1. The Morgan fingerprint density at radius 3 is 2.79 bits per heavy atom. The second-order valence-electron chi connectivity index (χ2n) is 4.00. The summed E-state index contributed by atoms with van der Waals surface area (Å²) in [5.74, 6) is 1.28. The van der Waals surface area contributed by atoms with Crippen LogP contribution < -0.4 is 10.1 Å². The molecule has 0 radical (unpaired) electrons. The highest BCUT2D eigenvalue weighted by Crippen LogP contribution is 2.30. The Morgan fingerprint density at radius 2 is 2.05 bits per heavy atom. The molecule has 0 amide bonds. The van der Waals surface area contributed by atoms with Crippen LogP contribution in [0.5, 0.6) is 11.5 Å². The molecule has 3 nitrogen and oxygen atoms in total. The largest absolute Gasteiger partial charge is 0.456 e. The van der Waals surface area contributed by atoms with Crippen molar-refractivity contribution in [2.24, 2.45) is 0 Å². The van der Waals surface area contributed by atoms with Gasteiger partial charge < -0.3 is 10.1 Å². The molecule has 4 heteroatoms. The summed E-state index contributed by atoms with van der Waals surface area (Å²) in [6.07, 6.45) is 0. The van der Waals surface area contributed by atoms with E-state index in [1.54, 1.807) is 6.07 Å². The summed E-state index contributed by atoms with van der Waals surface area (Å²) in [4.78, 5) is 0. The molecule has 0 aliphatic carbocycles. The molecule has 2 aromatic carbocycles. The molecule has 0 saturated heterocycles. The minimum Gasteiger partial charge on any atom is -0.456 e. The van der Waals surface area contributed by atoms with Crippen LogP contribution in [0.1, 0.15) is 11.1 Å². The van der Waals surface area contributed by atoms with E-state index in [0.29, 0.717) is 11.3 Å². The Labute approximate surface area is 121 Å². The molecule has 0 atom stereocenters. The van der Waals surface area contributed by atoms with Gasteiger partial charge in [0.15, 0.2) is 0 Å². The van der Waals surface area contributed by atoms with Gasteiger partial charge in [-0.3, -0.25) is 0 Å². The van der Waals surface area contributed by atoms with Gasteiger partial charge in [0.25, 0.3) is 0 Å². The Balaban J connectivity index is 2.29. The summed E-state index contributed by atoms with van der Waals surface area (Å²) in [6, 6.07) is 15.4. The molecule has 0 heterocycles. The Hall–Kier alpha value is -1.83. The van der Waals surface area contributed by atoms with E-state index in [9.17, 15) is 0 Å². The molecular formula is C15H13BrN2O. The summed E-state index contributed by atoms with van der Waals surface area (Å²) in [6.45, 7) is 0.779. The third-order valence-electron chi connectivity index (χ3n) is 2.59. The fraction of sp³-hybridized carbons (Fsp3) is 0.133. The van der Waals surface area contributed by atoms with E-state index in [0.717, 1.165) is 22.3 Å². The van der Waals surface area contributed by atoms with Gasteiger partial charge in [0.2, 0.25) is 0 Å². The first-order valence-corrected chi connectivity index (χ1v) is 6.64. The molecular weight excluding hydrogens is 304 g/mol. The Morgan fingerprint density at radius 1 is 1.26 bits per heavy atom. The second-order valence-corrected chi connectivity index (χ2v) is 4.86. The zero-order valence-corrected chi connectivity index (χ0v) is 12.1. The first-order chi connectivity index (χ1) is 9.24. The van der Waals surface area contributed by atoms with Crippen LogP contribution in [0.15, 0.2) is 46.9 Å². The number of benzene rings is 2. The molecule has 0 aliphatic rings. The quantitative estimate of drug-likeness (QED) is 0.932. The topological polar surface area (TPSA) is 45.0 Å². The van der Waals surface area contributed by atoms with Gasteiger partial charge in [-0.05, 0) is 52.8 Å². The van der Waals surface area contributed by atoms with Gasteiger partial charge in [0.05, 0.1) is 0 Å². The lowest BCUT2D eigenvalue weighted by Crippen LogP contribution is -2.04. The van der Waals surface area contributed by atoms with Crippen LogP contribution in [0.4, 0.5) is 0 Å². The van der Waals surface area contributed by atoms with Crippen LogP contribution in [0.3, 0.4) is 0 Å². The lowest BCUT2D eigenvalue weighted by molar-refractivity contribution is 0.480. The molecule has 19 heavy (non-hydrogen) atoms. The van der Waals surface area contributed by atoms with E-state index >= 15 is 0 Å². The molecule has 0 aromatic heterocycles. The molecule has 0 bridgehead atoms. The van der Waals surface area contributed by atoms with Crippen molar-refractivity contribution in [3.63, 3.8) is 0 Å². The maximum absolute atomic E-state index is 9.15. The van der Waals surface area contributed by atoms with Crippen molar-refractivity contribution >= 4 is 15.9 Å². The molecule has 1 N–H and O–H groups in total. The molecule has 0 saturated carbocycles. The lowest BCUT2D eigenvalue weighted by Gasteiger charge is -2.09. The number of rotatable bonds is 4.